The lowest BCUT2D eigenvalue weighted by atomic mass is 9.76. The molecule has 1 aliphatic carbocycles. The molecule has 1 unspecified atom stereocenters. The van der Waals surface area contributed by atoms with Crippen LogP contribution in [0.5, 0.6) is 0 Å². The van der Waals surface area contributed by atoms with Crippen LogP contribution >= 0.6 is 0 Å². The highest BCUT2D eigenvalue weighted by molar-refractivity contribution is 5.80. The van der Waals surface area contributed by atoms with Crippen molar-refractivity contribution in [1.82, 2.24) is 15.2 Å². The summed E-state index contributed by atoms with van der Waals surface area (Å²) in [4.78, 5) is 19.3. The minimum Gasteiger partial charge on any atom is -0.354 e. The van der Waals surface area contributed by atoms with Gasteiger partial charge in [0.05, 0.1) is 5.92 Å². The van der Waals surface area contributed by atoms with Crippen molar-refractivity contribution in [1.29, 1.82) is 0 Å². The number of hydrogen-bond acceptors (Lipinski definition) is 3. The molecule has 120 valence electrons. The normalized spacial score (nSPS) is 24.2. The smallest absolute Gasteiger partial charge is 0.225 e. The van der Waals surface area contributed by atoms with E-state index in [-0.39, 0.29) is 23.3 Å². The van der Waals surface area contributed by atoms with Crippen molar-refractivity contribution in [2.24, 2.45) is 11.3 Å². The maximum Gasteiger partial charge on any atom is 0.225 e. The van der Waals surface area contributed by atoms with Crippen LogP contribution < -0.4 is 5.32 Å². The van der Waals surface area contributed by atoms with Crippen LogP contribution in [0.4, 0.5) is 0 Å². The van der Waals surface area contributed by atoms with Crippen molar-refractivity contribution in [2.45, 2.75) is 52.1 Å². The highest BCUT2D eigenvalue weighted by Crippen LogP contribution is 2.49. The highest BCUT2D eigenvalue weighted by atomic mass is 16.2. The van der Waals surface area contributed by atoms with Gasteiger partial charge >= 0.3 is 0 Å². The molecule has 1 saturated heterocycles. The molecule has 3 rings (SSSR count). The summed E-state index contributed by atoms with van der Waals surface area (Å²) in [6.07, 6.45) is 8.69. The third kappa shape index (κ3) is 3.17. The molecule has 1 aromatic rings. The lowest BCUT2D eigenvalue weighted by Crippen LogP contribution is -2.42. The number of likely N-dealkylation sites (tertiary alicyclic amines) is 1. The van der Waals surface area contributed by atoms with Crippen molar-refractivity contribution >= 4 is 5.91 Å². The maximum absolute atomic E-state index is 12.7. The predicted molar refractivity (Wildman–Crippen MR) is 87.2 cm³/mol. The largest absolute Gasteiger partial charge is 0.354 e. The van der Waals surface area contributed by atoms with E-state index in [0.29, 0.717) is 0 Å². The van der Waals surface area contributed by atoms with E-state index in [2.05, 4.69) is 21.3 Å². The van der Waals surface area contributed by atoms with Gasteiger partial charge in [-0.25, -0.2) is 0 Å². The van der Waals surface area contributed by atoms with Crippen LogP contribution in [0, 0.1) is 11.3 Å². The van der Waals surface area contributed by atoms with Gasteiger partial charge in [0.15, 0.2) is 0 Å². The summed E-state index contributed by atoms with van der Waals surface area (Å²) < 4.78 is 0. The number of carbonyl (C=O) groups excluding carboxylic acids is 1. The fraction of sp³-hybridized carbons (Fsp3) is 0.667. The predicted octanol–water partition coefficient (Wildman–Crippen LogP) is 2.60. The molecular weight excluding hydrogens is 274 g/mol. The van der Waals surface area contributed by atoms with Crippen LogP contribution in [-0.2, 0) is 11.3 Å². The zero-order valence-corrected chi connectivity index (χ0v) is 13.7. The van der Waals surface area contributed by atoms with E-state index in [1.807, 2.05) is 32.3 Å². The second-order valence-corrected chi connectivity index (χ2v) is 7.32. The molecule has 0 aromatic carbocycles. The molecule has 0 radical (unpaired) electrons. The Hall–Kier alpha value is -1.42. The Morgan fingerprint density at radius 1 is 1.45 bits per heavy atom. The van der Waals surface area contributed by atoms with Gasteiger partial charge < -0.3 is 5.32 Å². The molecule has 0 bridgehead atoms. The molecule has 1 N–H and O–H groups in total. The average Bonchev–Trinajstić information content (AvgIpc) is 3.07. The van der Waals surface area contributed by atoms with Gasteiger partial charge in [-0.1, -0.05) is 18.9 Å². The van der Waals surface area contributed by atoms with Crippen LogP contribution in [0.15, 0.2) is 24.5 Å². The minimum atomic E-state index is 0.147. The van der Waals surface area contributed by atoms with Gasteiger partial charge in [-0.15, -0.1) is 0 Å². The minimum absolute atomic E-state index is 0.147. The number of nitrogens with zero attached hydrogens (tertiary/aromatic N) is 2. The summed E-state index contributed by atoms with van der Waals surface area (Å²) >= 11 is 0. The van der Waals surface area contributed by atoms with Gasteiger partial charge in [0.25, 0.3) is 0 Å². The van der Waals surface area contributed by atoms with Gasteiger partial charge in [0.2, 0.25) is 5.91 Å². The van der Waals surface area contributed by atoms with Gasteiger partial charge in [-0.2, -0.15) is 0 Å². The summed E-state index contributed by atoms with van der Waals surface area (Å²) in [5, 5.41) is 3.14. The van der Waals surface area contributed by atoms with E-state index in [0.717, 1.165) is 19.6 Å². The maximum atomic E-state index is 12.7. The third-order valence-electron chi connectivity index (χ3n) is 5.19. The van der Waals surface area contributed by atoms with Gasteiger partial charge in [-0.3, -0.25) is 14.7 Å². The zero-order chi connectivity index (χ0) is 15.6. The highest BCUT2D eigenvalue weighted by Gasteiger charge is 2.50. The van der Waals surface area contributed by atoms with Gasteiger partial charge in [0, 0.05) is 38.1 Å². The molecule has 4 heteroatoms. The number of nitrogens with one attached hydrogen (secondary N) is 1. The van der Waals surface area contributed by atoms with Crippen LogP contribution in [-0.4, -0.2) is 34.9 Å². The molecule has 2 heterocycles. The standard InChI is InChI=1S/C18H27N3O/c1-14(2)20-17(22)16-12-21(11-15-6-5-9-19-10-15)13-18(16)7-3-4-8-18/h5-6,9-10,14,16H,3-4,7-8,11-13H2,1-2H3,(H,20,22). The molecule has 1 spiro atoms. The van der Waals surface area contributed by atoms with E-state index in [4.69, 9.17) is 0 Å². The van der Waals surface area contributed by atoms with Crippen LogP contribution in [0.25, 0.3) is 0 Å². The molecule has 22 heavy (non-hydrogen) atoms. The molecule has 2 aliphatic rings. The molecule has 1 aromatic heterocycles. The van der Waals surface area contributed by atoms with Crippen LogP contribution in [0.2, 0.25) is 0 Å². The number of amides is 1. The van der Waals surface area contributed by atoms with Crippen molar-refractivity contribution < 1.29 is 4.79 Å². The monoisotopic (exact) mass is 301 g/mol. The van der Waals surface area contributed by atoms with Crippen LogP contribution in [0.3, 0.4) is 0 Å². The van der Waals surface area contributed by atoms with Crippen molar-refractivity contribution in [3.05, 3.63) is 30.1 Å². The first-order valence-corrected chi connectivity index (χ1v) is 8.51. The fourth-order valence-electron chi connectivity index (χ4n) is 4.27. The second kappa shape index (κ2) is 6.37. The Bertz CT molecular complexity index is 508. The zero-order valence-electron chi connectivity index (χ0n) is 13.7. The first kappa shape index (κ1) is 15.5. The number of hydrogen-bond donors (Lipinski definition) is 1. The summed E-state index contributed by atoms with van der Waals surface area (Å²) in [5.41, 5.74) is 1.45. The van der Waals surface area contributed by atoms with Gasteiger partial charge in [-0.05, 0) is 43.7 Å². The van der Waals surface area contributed by atoms with Crippen molar-refractivity contribution in [3.8, 4) is 0 Å². The van der Waals surface area contributed by atoms with E-state index in [9.17, 15) is 4.79 Å². The summed E-state index contributed by atoms with van der Waals surface area (Å²) in [6.45, 7) is 6.93. The Morgan fingerprint density at radius 2 is 2.23 bits per heavy atom. The van der Waals surface area contributed by atoms with E-state index in [1.54, 1.807) is 0 Å². The van der Waals surface area contributed by atoms with E-state index in [1.165, 1.54) is 31.2 Å². The van der Waals surface area contributed by atoms with Crippen LogP contribution in [0.1, 0.15) is 45.1 Å². The van der Waals surface area contributed by atoms with Crippen molar-refractivity contribution in [3.63, 3.8) is 0 Å². The van der Waals surface area contributed by atoms with Crippen molar-refractivity contribution in [2.75, 3.05) is 13.1 Å². The molecular formula is C18H27N3O. The second-order valence-electron chi connectivity index (χ2n) is 7.32. The summed E-state index contributed by atoms with van der Waals surface area (Å²) in [5.74, 6) is 0.402. The molecule has 1 atom stereocenters. The third-order valence-corrected chi connectivity index (χ3v) is 5.19. The Morgan fingerprint density at radius 3 is 2.86 bits per heavy atom. The molecule has 4 nitrogen and oxygen atoms in total. The van der Waals surface area contributed by atoms with Gasteiger partial charge in [0.1, 0.15) is 0 Å². The number of aromatic nitrogens is 1. The van der Waals surface area contributed by atoms with E-state index < -0.39 is 0 Å². The first-order valence-electron chi connectivity index (χ1n) is 8.51. The number of carbonyl (C=O) groups is 1. The van der Waals surface area contributed by atoms with E-state index >= 15 is 0 Å². The molecule has 1 saturated carbocycles. The summed E-state index contributed by atoms with van der Waals surface area (Å²) in [6, 6.07) is 4.33. The quantitative estimate of drug-likeness (QED) is 0.930. The molecule has 1 amide bonds. The molecule has 2 fully saturated rings. The number of pyridine rings is 1. The number of rotatable bonds is 4. The Kier molecular flexibility index (Phi) is 4.48. The topological polar surface area (TPSA) is 45.2 Å². The SMILES string of the molecule is CC(C)NC(=O)C1CN(Cc2cccnc2)CC12CCCC2. The first-order chi connectivity index (χ1) is 10.6. The lowest BCUT2D eigenvalue weighted by Gasteiger charge is -2.29. The molecule has 1 aliphatic heterocycles. The lowest BCUT2D eigenvalue weighted by molar-refractivity contribution is -0.128. The Balaban J connectivity index is 1.73. The summed E-state index contributed by atoms with van der Waals surface area (Å²) in [7, 11) is 0. The fourth-order valence-corrected chi connectivity index (χ4v) is 4.27. The average molecular weight is 301 g/mol. The Labute approximate surface area is 133 Å².